The Morgan fingerprint density at radius 3 is 2.19 bits per heavy atom. The molecule has 112 valence electrons. The van der Waals surface area contributed by atoms with E-state index in [1.54, 1.807) is 12.1 Å². The van der Waals surface area contributed by atoms with E-state index in [1.165, 1.54) is 18.7 Å². The summed E-state index contributed by atoms with van der Waals surface area (Å²) in [6, 6.07) is 12.7. The van der Waals surface area contributed by atoms with Crippen molar-refractivity contribution >= 4 is 11.6 Å². The SMILES string of the molecule is COc1cccc(F)c1C(Cl)c1ccc(C(C)(C)C)cc1. The van der Waals surface area contributed by atoms with Gasteiger partial charge in [-0.2, -0.15) is 0 Å². The van der Waals surface area contributed by atoms with Crippen LogP contribution >= 0.6 is 11.6 Å². The maximum absolute atomic E-state index is 14.1. The van der Waals surface area contributed by atoms with Crippen molar-refractivity contribution in [2.45, 2.75) is 31.6 Å². The first kappa shape index (κ1) is 15.8. The van der Waals surface area contributed by atoms with Crippen molar-refractivity contribution in [2.75, 3.05) is 7.11 Å². The molecule has 0 bridgehead atoms. The molecule has 0 aliphatic carbocycles. The van der Waals surface area contributed by atoms with Crippen molar-refractivity contribution in [3.05, 3.63) is 65.0 Å². The van der Waals surface area contributed by atoms with Gasteiger partial charge in [-0.25, -0.2) is 4.39 Å². The molecule has 0 saturated carbocycles. The summed E-state index contributed by atoms with van der Waals surface area (Å²) in [7, 11) is 1.52. The molecule has 0 amide bonds. The standard InChI is InChI=1S/C18H20ClFO/c1-18(2,3)13-10-8-12(9-11-13)17(19)16-14(20)6-5-7-15(16)21-4/h5-11,17H,1-4H3. The molecule has 0 fully saturated rings. The van der Waals surface area contributed by atoms with Gasteiger partial charge in [-0.1, -0.05) is 51.1 Å². The van der Waals surface area contributed by atoms with Crippen LogP contribution in [-0.4, -0.2) is 7.11 Å². The lowest BCUT2D eigenvalue weighted by Gasteiger charge is -2.20. The number of halogens is 2. The van der Waals surface area contributed by atoms with Crippen LogP contribution in [0.4, 0.5) is 4.39 Å². The quantitative estimate of drug-likeness (QED) is 0.684. The van der Waals surface area contributed by atoms with Crippen molar-refractivity contribution < 1.29 is 9.13 Å². The molecule has 0 aliphatic rings. The van der Waals surface area contributed by atoms with Gasteiger partial charge in [-0.05, 0) is 28.7 Å². The van der Waals surface area contributed by atoms with Gasteiger partial charge in [-0.3, -0.25) is 0 Å². The van der Waals surface area contributed by atoms with E-state index in [-0.39, 0.29) is 11.2 Å². The van der Waals surface area contributed by atoms with E-state index in [9.17, 15) is 4.39 Å². The predicted molar refractivity (Wildman–Crippen MR) is 85.8 cm³/mol. The van der Waals surface area contributed by atoms with Gasteiger partial charge in [-0.15, -0.1) is 11.6 Å². The van der Waals surface area contributed by atoms with Gasteiger partial charge in [0.15, 0.2) is 0 Å². The lowest BCUT2D eigenvalue weighted by atomic mass is 9.86. The summed E-state index contributed by atoms with van der Waals surface area (Å²) in [5, 5.41) is -0.574. The van der Waals surface area contributed by atoms with Crippen LogP contribution in [0.15, 0.2) is 42.5 Å². The molecule has 0 N–H and O–H groups in total. The summed E-state index contributed by atoms with van der Waals surface area (Å²) < 4.78 is 19.3. The molecule has 0 heterocycles. The smallest absolute Gasteiger partial charge is 0.131 e. The van der Waals surface area contributed by atoms with Crippen LogP contribution in [0.3, 0.4) is 0 Å². The van der Waals surface area contributed by atoms with Crippen molar-refractivity contribution in [3.8, 4) is 5.75 Å². The molecule has 2 aromatic carbocycles. The zero-order chi connectivity index (χ0) is 15.6. The third-order valence-corrected chi connectivity index (χ3v) is 4.03. The summed E-state index contributed by atoms with van der Waals surface area (Å²) >= 11 is 6.47. The van der Waals surface area contributed by atoms with Crippen LogP contribution in [0.2, 0.25) is 0 Å². The lowest BCUT2D eigenvalue weighted by molar-refractivity contribution is 0.405. The first-order valence-corrected chi connectivity index (χ1v) is 7.35. The molecule has 0 spiro atoms. The van der Waals surface area contributed by atoms with E-state index in [0.717, 1.165) is 5.56 Å². The van der Waals surface area contributed by atoms with E-state index in [1.807, 2.05) is 24.3 Å². The maximum atomic E-state index is 14.1. The second kappa shape index (κ2) is 6.07. The number of rotatable bonds is 3. The Balaban J connectivity index is 2.39. The van der Waals surface area contributed by atoms with Gasteiger partial charge in [0.25, 0.3) is 0 Å². The number of ether oxygens (including phenoxy) is 1. The van der Waals surface area contributed by atoms with E-state index < -0.39 is 5.38 Å². The Morgan fingerprint density at radius 1 is 1.05 bits per heavy atom. The number of methoxy groups -OCH3 is 1. The molecular formula is C18H20ClFO. The number of hydrogen-bond acceptors (Lipinski definition) is 1. The van der Waals surface area contributed by atoms with Crippen LogP contribution < -0.4 is 4.74 Å². The summed E-state index contributed by atoms with van der Waals surface area (Å²) in [6.45, 7) is 6.46. The highest BCUT2D eigenvalue weighted by atomic mass is 35.5. The minimum absolute atomic E-state index is 0.0794. The molecule has 1 unspecified atom stereocenters. The second-order valence-corrected chi connectivity index (χ2v) is 6.53. The molecule has 1 atom stereocenters. The zero-order valence-corrected chi connectivity index (χ0v) is 13.5. The molecule has 0 saturated heterocycles. The zero-order valence-electron chi connectivity index (χ0n) is 12.8. The predicted octanol–water partition coefficient (Wildman–Crippen LogP) is 5.46. The Kier molecular flexibility index (Phi) is 4.58. The Labute approximate surface area is 130 Å². The summed E-state index contributed by atoms with van der Waals surface area (Å²) in [5.41, 5.74) is 2.53. The topological polar surface area (TPSA) is 9.23 Å². The average Bonchev–Trinajstić information content (AvgIpc) is 2.45. The highest BCUT2D eigenvalue weighted by Crippen LogP contribution is 2.37. The van der Waals surface area contributed by atoms with Gasteiger partial charge in [0.05, 0.1) is 18.1 Å². The number of alkyl halides is 1. The summed E-state index contributed by atoms with van der Waals surface area (Å²) in [6.07, 6.45) is 0. The van der Waals surface area contributed by atoms with Crippen LogP contribution in [0.1, 0.15) is 42.8 Å². The Bertz CT molecular complexity index is 614. The third kappa shape index (κ3) is 3.38. The molecule has 0 radical (unpaired) electrons. The second-order valence-electron chi connectivity index (χ2n) is 6.09. The average molecular weight is 307 g/mol. The van der Waals surface area contributed by atoms with Crippen molar-refractivity contribution in [1.82, 2.24) is 0 Å². The van der Waals surface area contributed by atoms with E-state index in [4.69, 9.17) is 16.3 Å². The molecule has 2 rings (SSSR count). The van der Waals surface area contributed by atoms with Crippen molar-refractivity contribution in [2.24, 2.45) is 0 Å². The van der Waals surface area contributed by atoms with Gasteiger partial charge in [0, 0.05) is 0 Å². The molecule has 1 nitrogen and oxygen atoms in total. The molecule has 2 aromatic rings. The fourth-order valence-corrected chi connectivity index (χ4v) is 2.62. The van der Waals surface area contributed by atoms with Gasteiger partial charge in [0.1, 0.15) is 11.6 Å². The number of hydrogen-bond donors (Lipinski definition) is 0. The van der Waals surface area contributed by atoms with Crippen molar-refractivity contribution in [1.29, 1.82) is 0 Å². The third-order valence-electron chi connectivity index (χ3n) is 3.56. The number of benzene rings is 2. The molecule has 0 aromatic heterocycles. The lowest BCUT2D eigenvalue weighted by Crippen LogP contribution is -2.11. The normalized spacial score (nSPS) is 13.0. The van der Waals surface area contributed by atoms with Gasteiger partial charge >= 0.3 is 0 Å². The monoisotopic (exact) mass is 306 g/mol. The minimum Gasteiger partial charge on any atom is -0.496 e. The van der Waals surface area contributed by atoms with Gasteiger partial charge < -0.3 is 4.74 Å². The highest BCUT2D eigenvalue weighted by Gasteiger charge is 2.21. The van der Waals surface area contributed by atoms with Crippen LogP contribution in [-0.2, 0) is 5.41 Å². The molecular weight excluding hydrogens is 287 g/mol. The highest BCUT2D eigenvalue weighted by molar-refractivity contribution is 6.22. The van der Waals surface area contributed by atoms with Crippen LogP contribution in [0.25, 0.3) is 0 Å². The van der Waals surface area contributed by atoms with E-state index in [2.05, 4.69) is 20.8 Å². The fraction of sp³-hybridized carbons (Fsp3) is 0.333. The first-order chi connectivity index (χ1) is 9.84. The molecule has 3 heteroatoms. The fourth-order valence-electron chi connectivity index (χ4n) is 2.26. The maximum Gasteiger partial charge on any atom is 0.131 e. The summed E-state index contributed by atoms with van der Waals surface area (Å²) in [4.78, 5) is 0. The Morgan fingerprint density at radius 2 is 1.67 bits per heavy atom. The Hall–Kier alpha value is -1.54. The van der Waals surface area contributed by atoms with Crippen LogP contribution in [0, 0.1) is 5.82 Å². The van der Waals surface area contributed by atoms with Crippen molar-refractivity contribution in [3.63, 3.8) is 0 Å². The first-order valence-electron chi connectivity index (χ1n) is 6.91. The molecule has 21 heavy (non-hydrogen) atoms. The van der Waals surface area contributed by atoms with E-state index in [0.29, 0.717) is 11.3 Å². The molecule has 0 aliphatic heterocycles. The van der Waals surface area contributed by atoms with E-state index >= 15 is 0 Å². The van der Waals surface area contributed by atoms with Gasteiger partial charge in [0.2, 0.25) is 0 Å². The van der Waals surface area contributed by atoms with Crippen LogP contribution in [0.5, 0.6) is 5.75 Å². The largest absolute Gasteiger partial charge is 0.496 e. The minimum atomic E-state index is -0.574. The summed E-state index contributed by atoms with van der Waals surface area (Å²) in [5.74, 6) is 0.115.